The zero-order valence-electron chi connectivity index (χ0n) is 36.2. The zero-order chi connectivity index (χ0) is 44.7. The summed E-state index contributed by atoms with van der Waals surface area (Å²) in [6.07, 6.45) is 8.05. The first-order chi connectivity index (χ1) is 33.2. The van der Waals surface area contributed by atoms with E-state index in [0.717, 1.165) is 94.8 Å². The van der Waals surface area contributed by atoms with Gasteiger partial charge in [0.05, 0.1) is 16.6 Å². The summed E-state index contributed by atoms with van der Waals surface area (Å²) in [5, 5.41) is 13.3. The number of aromatic nitrogens is 8. The molecule has 0 saturated heterocycles. The van der Waals surface area contributed by atoms with Crippen molar-refractivity contribution < 1.29 is 0 Å². The van der Waals surface area contributed by atoms with Crippen LogP contribution in [0.2, 0.25) is 0 Å². The fraction of sp³-hybridized carbons (Fsp3) is 0. The van der Waals surface area contributed by atoms with E-state index in [4.69, 9.17) is 25.1 Å². The zero-order valence-corrected chi connectivity index (χ0v) is 36.2. The van der Waals surface area contributed by atoms with Gasteiger partial charge in [-0.05, 0) is 54.6 Å². The molecule has 0 fully saturated rings. The number of benzene rings is 8. The highest BCUT2D eigenvalue weighted by molar-refractivity contribution is 6.10. The van der Waals surface area contributed by atoms with Crippen molar-refractivity contribution in [2.24, 2.45) is 0 Å². The number of allylic oxidation sites excluding steroid dienone is 2. The molecule has 0 spiro atoms. The molecule has 12 aromatic rings. The fourth-order valence-electron chi connectivity index (χ4n) is 9.09. The van der Waals surface area contributed by atoms with Crippen LogP contribution in [-0.4, -0.2) is 38.9 Å². The summed E-state index contributed by atoms with van der Waals surface area (Å²) in [6, 6.07) is 71.1. The Balaban J connectivity index is 1.02. The van der Waals surface area contributed by atoms with Gasteiger partial charge in [0, 0.05) is 72.8 Å². The van der Waals surface area contributed by atoms with Gasteiger partial charge in [-0.3, -0.25) is 4.57 Å². The second-order valence-electron chi connectivity index (χ2n) is 16.3. The third-order valence-corrected chi connectivity index (χ3v) is 12.2. The molecule has 4 aromatic heterocycles. The Labute approximate surface area is 386 Å². The maximum absolute atomic E-state index is 5.06. The van der Waals surface area contributed by atoms with E-state index in [9.17, 15) is 0 Å². The van der Waals surface area contributed by atoms with E-state index < -0.39 is 0 Å². The molecule has 12 rings (SSSR count). The molecule has 4 heterocycles. The van der Waals surface area contributed by atoms with Gasteiger partial charge in [0.15, 0.2) is 29.1 Å². The molecule has 0 N–H and O–H groups in total. The van der Waals surface area contributed by atoms with Gasteiger partial charge in [-0.1, -0.05) is 176 Å². The number of rotatable bonds is 10. The second kappa shape index (κ2) is 16.7. The monoisotopic (exact) mass is 860 g/mol. The van der Waals surface area contributed by atoms with Crippen molar-refractivity contribution in [3.8, 4) is 74.0 Å². The molecule has 8 heteroatoms. The summed E-state index contributed by atoms with van der Waals surface area (Å²) in [6.45, 7) is 3.91. The molecule has 316 valence electrons. The molecule has 8 aromatic carbocycles. The topological polar surface area (TPSA) is 79.2 Å². The lowest BCUT2D eigenvalue weighted by Crippen LogP contribution is -2.01. The summed E-state index contributed by atoms with van der Waals surface area (Å²) in [4.78, 5) is 15.1. The normalized spacial score (nSPS) is 11.6. The molecule has 0 saturated carbocycles. The van der Waals surface area contributed by atoms with Gasteiger partial charge in [-0.2, -0.15) is 0 Å². The first-order valence-corrected chi connectivity index (χ1v) is 22.2. The van der Waals surface area contributed by atoms with Crippen LogP contribution in [-0.2, 0) is 0 Å². The number of hydrogen-bond acceptors (Lipinski definition) is 5. The molecule has 67 heavy (non-hydrogen) atoms. The molecular weight excluding hydrogens is 821 g/mol. The molecule has 8 nitrogen and oxygen atoms in total. The molecule has 0 radical (unpaired) electrons. The average molecular weight is 861 g/mol. The maximum atomic E-state index is 5.06. The minimum atomic E-state index is 0.596. The van der Waals surface area contributed by atoms with Crippen LogP contribution in [0.5, 0.6) is 0 Å². The average Bonchev–Trinajstić information content (AvgIpc) is 4.11. The minimum absolute atomic E-state index is 0.596. The quantitative estimate of drug-likeness (QED) is 0.128. The number of para-hydroxylation sites is 3. The molecule has 0 bridgehead atoms. The Morgan fingerprint density at radius 3 is 1.52 bits per heavy atom. The van der Waals surface area contributed by atoms with E-state index in [1.165, 1.54) is 0 Å². The third kappa shape index (κ3) is 7.10. The second-order valence-corrected chi connectivity index (χ2v) is 16.3. The first kappa shape index (κ1) is 39.3. The SMILES string of the molecule is C=C/C=C\c1cn(-c2ccccc2)c2cc(-c3nnc(-c4ccc5c6ccccc6n(-c6cccc(-c7nc(-c8ccccc8)nc(-c8ccccc8)n7)c6)c5c4)n3-c3ccccc3)ccc12. The number of hydrogen-bond donors (Lipinski definition) is 0. The Morgan fingerprint density at radius 2 is 0.881 bits per heavy atom. The predicted molar refractivity (Wildman–Crippen MR) is 272 cm³/mol. The van der Waals surface area contributed by atoms with Gasteiger partial charge in [-0.15, -0.1) is 10.2 Å². The standard InChI is InChI=1S/C59H40N8/c1-2-3-19-45-39-65(46-25-12-6-13-26-46)53-37-43(32-34-49(45)53)58-63-64-59(67(58)47-27-14-7-15-28-47)44-33-35-51-50-30-16-17-31-52(50)66(54(51)38-44)48-29-18-24-42(36-48)57-61-55(40-20-8-4-9-21-40)60-56(62-57)41-22-10-5-11-23-41/h2-39H,1H2/b19-3-. The van der Waals surface area contributed by atoms with Crippen molar-refractivity contribution in [2.75, 3.05) is 0 Å². The van der Waals surface area contributed by atoms with E-state index in [1.54, 1.807) is 6.08 Å². The Hall–Kier alpha value is -9.27. The number of nitrogens with zero attached hydrogens (tertiary/aromatic N) is 8. The molecule has 0 atom stereocenters. The number of fused-ring (bicyclic) bond motifs is 4. The lowest BCUT2D eigenvalue weighted by atomic mass is 10.1. The van der Waals surface area contributed by atoms with Crippen LogP contribution < -0.4 is 0 Å². The highest BCUT2D eigenvalue weighted by Gasteiger charge is 2.22. The van der Waals surface area contributed by atoms with Crippen molar-refractivity contribution in [1.82, 2.24) is 38.9 Å². The van der Waals surface area contributed by atoms with Gasteiger partial charge in [0.25, 0.3) is 0 Å². The van der Waals surface area contributed by atoms with Gasteiger partial charge in [-0.25, -0.2) is 15.0 Å². The van der Waals surface area contributed by atoms with Crippen molar-refractivity contribution in [1.29, 1.82) is 0 Å². The molecule has 0 amide bonds. The first-order valence-electron chi connectivity index (χ1n) is 22.2. The lowest BCUT2D eigenvalue weighted by molar-refractivity contribution is 1.07. The van der Waals surface area contributed by atoms with E-state index in [-0.39, 0.29) is 0 Å². The van der Waals surface area contributed by atoms with Crippen LogP contribution >= 0.6 is 0 Å². The van der Waals surface area contributed by atoms with Crippen LogP contribution in [0.25, 0.3) is 113 Å². The van der Waals surface area contributed by atoms with Crippen molar-refractivity contribution >= 4 is 38.8 Å². The van der Waals surface area contributed by atoms with Crippen LogP contribution in [0.15, 0.2) is 231 Å². The summed E-state index contributed by atoms with van der Waals surface area (Å²) in [5.74, 6) is 3.30. The fourth-order valence-corrected chi connectivity index (χ4v) is 9.09. The van der Waals surface area contributed by atoms with E-state index in [2.05, 4.69) is 166 Å². The van der Waals surface area contributed by atoms with Crippen LogP contribution in [0, 0.1) is 0 Å². The van der Waals surface area contributed by atoms with Crippen molar-refractivity contribution in [2.45, 2.75) is 0 Å². The maximum Gasteiger partial charge on any atom is 0.168 e. The predicted octanol–water partition coefficient (Wildman–Crippen LogP) is 14.0. The Bertz CT molecular complexity index is 3750. The highest BCUT2D eigenvalue weighted by atomic mass is 15.3. The van der Waals surface area contributed by atoms with E-state index in [0.29, 0.717) is 17.5 Å². The summed E-state index contributed by atoms with van der Waals surface area (Å²) in [5.41, 5.74) is 11.9. The molecule has 0 unspecified atom stereocenters. The summed E-state index contributed by atoms with van der Waals surface area (Å²) >= 11 is 0. The van der Waals surface area contributed by atoms with E-state index in [1.807, 2.05) is 78.9 Å². The molecular formula is C59H40N8. The molecule has 0 aliphatic heterocycles. The van der Waals surface area contributed by atoms with Crippen LogP contribution in [0.1, 0.15) is 5.56 Å². The van der Waals surface area contributed by atoms with Crippen molar-refractivity contribution in [3.05, 3.63) is 237 Å². The largest absolute Gasteiger partial charge is 0.316 e. The summed E-state index contributed by atoms with van der Waals surface area (Å²) < 4.78 is 6.72. The van der Waals surface area contributed by atoms with Gasteiger partial charge >= 0.3 is 0 Å². The smallest absolute Gasteiger partial charge is 0.168 e. The highest BCUT2D eigenvalue weighted by Crippen LogP contribution is 2.38. The minimum Gasteiger partial charge on any atom is -0.316 e. The Morgan fingerprint density at radius 1 is 0.373 bits per heavy atom. The van der Waals surface area contributed by atoms with Gasteiger partial charge < -0.3 is 9.13 Å². The Kier molecular flexibility index (Phi) is 9.80. The lowest BCUT2D eigenvalue weighted by Gasteiger charge is -2.13. The van der Waals surface area contributed by atoms with Gasteiger partial charge in [0.2, 0.25) is 0 Å². The van der Waals surface area contributed by atoms with Crippen LogP contribution in [0.4, 0.5) is 0 Å². The van der Waals surface area contributed by atoms with E-state index >= 15 is 0 Å². The summed E-state index contributed by atoms with van der Waals surface area (Å²) in [7, 11) is 0. The van der Waals surface area contributed by atoms with Crippen LogP contribution in [0.3, 0.4) is 0 Å². The van der Waals surface area contributed by atoms with Gasteiger partial charge in [0.1, 0.15) is 0 Å². The van der Waals surface area contributed by atoms with Crippen molar-refractivity contribution in [3.63, 3.8) is 0 Å². The third-order valence-electron chi connectivity index (χ3n) is 12.2. The molecule has 0 aliphatic carbocycles. The molecule has 0 aliphatic rings.